The second kappa shape index (κ2) is 6.40. The van der Waals surface area contributed by atoms with Crippen LogP contribution in [0.5, 0.6) is 0 Å². The highest BCUT2D eigenvalue weighted by Gasteiger charge is 2.30. The molecule has 3 rings (SSSR count). The molecular formula is C19H25N3O2. The highest BCUT2D eigenvalue weighted by Crippen LogP contribution is 2.25. The van der Waals surface area contributed by atoms with Gasteiger partial charge >= 0.3 is 0 Å². The van der Waals surface area contributed by atoms with Crippen LogP contribution in [0.3, 0.4) is 0 Å². The molecule has 2 heterocycles. The lowest BCUT2D eigenvalue weighted by Crippen LogP contribution is -2.53. The molecule has 1 amide bonds. The predicted octanol–water partition coefficient (Wildman–Crippen LogP) is 2.86. The first-order valence-electron chi connectivity index (χ1n) is 8.41. The Balaban J connectivity index is 1.65. The topological polar surface area (TPSA) is 58.4 Å². The minimum atomic E-state index is -0.123. The Kier molecular flexibility index (Phi) is 4.45. The Hall–Kier alpha value is -2.14. The molecule has 0 saturated carbocycles. The smallest absolute Gasteiger partial charge is 0.256 e. The number of aromatic nitrogens is 1. The molecule has 0 atom stereocenters. The summed E-state index contributed by atoms with van der Waals surface area (Å²) in [6, 6.07) is 8.59. The molecule has 128 valence electrons. The lowest BCUT2D eigenvalue weighted by molar-refractivity contribution is 0.0824. The number of aryl methyl sites for hydroxylation is 2. The van der Waals surface area contributed by atoms with Gasteiger partial charge in [0.25, 0.3) is 5.91 Å². The number of carbonyl (C=O) groups excluding carboxylic acids is 1. The maximum atomic E-state index is 12.4. The molecule has 2 aromatic rings. The van der Waals surface area contributed by atoms with E-state index in [1.54, 1.807) is 13.8 Å². The minimum Gasteiger partial charge on any atom is -0.361 e. The zero-order chi connectivity index (χ0) is 17.3. The highest BCUT2D eigenvalue weighted by molar-refractivity contribution is 5.96. The highest BCUT2D eigenvalue weighted by atomic mass is 16.5. The summed E-state index contributed by atoms with van der Waals surface area (Å²) >= 11 is 0. The number of hydrogen-bond acceptors (Lipinski definition) is 4. The van der Waals surface area contributed by atoms with Crippen molar-refractivity contribution in [1.29, 1.82) is 0 Å². The van der Waals surface area contributed by atoms with Crippen molar-refractivity contribution in [3.63, 3.8) is 0 Å². The van der Waals surface area contributed by atoms with Crippen molar-refractivity contribution >= 4 is 5.91 Å². The van der Waals surface area contributed by atoms with Crippen molar-refractivity contribution in [2.75, 3.05) is 13.1 Å². The maximum absolute atomic E-state index is 12.4. The lowest BCUT2D eigenvalue weighted by Gasteiger charge is -2.41. The zero-order valence-corrected chi connectivity index (χ0v) is 14.8. The van der Waals surface area contributed by atoms with Crippen molar-refractivity contribution in [3.8, 4) is 0 Å². The number of benzene rings is 1. The summed E-state index contributed by atoms with van der Waals surface area (Å²) in [5.41, 5.74) is 3.88. The summed E-state index contributed by atoms with van der Waals surface area (Å²) in [4.78, 5) is 14.9. The first-order valence-corrected chi connectivity index (χ1v) is 8.41. The molecule has 1 aromatic carbocycles. The number of fused-ring (bicyclic) bond motifs is 1. The van der Waals surface area contributed by atoms with Crippen molar-refractivity contribution < 1.29 is 9.32 Å². The fraction of sp³-hybridized carbons (Fsp3) is 0.474. The number of nitrogens with one attached hydrogen (secondary N) is 1. The van der Waals surface area contributed by atoms with E-state index in [-0.39, 0.29) is 11.4 Å². The molecular weight excluding hydrogens is 302 g/mol. The van der Waals surface area contributed by atoms with Gasteiger partial charge in [-0.05, 0) is 45.2 Å². The van der Waals surface area contributed by atoms with E-state index in [0.717, 1.165) is 19.5 Å². The van der Waals surface area contributed by atoms with Crippen LogP contribution in [-0.2, 0) is 13.0 Å². The number of rotatable bonds is 4. The molecule has 1 aliphatic heterocycles. The Morgan fingerprint density at radius 2 is 2.00 bits per heavy atom. The normalized spacial score (nSPS) is 15.2. The van der Waals surface area contributed by atoms with Gasteiger partial charge in [-0.25, -0.2) is 0 Å². The number of hydrogen-bond donors (Lipinski definition) is 1. The van der Waals surface area contributed by atoms with Gasteiger partial charge < -0.3 is 9.84 Å². The van der Waals surface area contributed by atoms with E-state index in [4.69, 9.17) is 4.52 Å². The number of carbonyl (C=O) groups is 1. The molecule has 0 saturated heterocycles. The van der Waals surface area contributed by atoms with E-state index in [0.29, 0.717) is 23.6 Å². The second-order valence-electron chi connectivity index (χ2n) is 7.13. The molecule has 0 radical (unpaired) electrons. The van der Waals surface area contributed by atoms with Gasteiger partial charge in [-0.2, -0.15) is 0 Å². The predicted molar refractivity (Wildman–Crippen MR) is 92.9 cm³/mol. The molecule has 1 aromatic heterocycles. The summed E-state index contributed by atoms with van der Waals surface area (Å²) in [6.07, 6.45) is 1.05. The van der Waals surface area contributed by atoms with E-state index in [1.807, 2.05) is 0 Å². The quantitative estimate of drug-likeness (QED) is 0.938. The molecule has 0 bridgehead atoms. The fourth-order valence-corrected chi connectivity index (χ4v) is 3.32. The van der Waals surface area contributed by atoms with Gasteiger partial charge in [-0.15, -0.1) is 0 Å². The molecule has 0 unspecified atom stereocenters. The van der Waals surface area contributed by atoms with Crippen LogP contribution in [0.1, 0.15) is 46.8 Å². The van der Waals surface area contributed by atoms with Crippen molar-refractivity contribution in [1.82, 2.24) is 15.4 Å². The van der Waals surface area contributed by atoms with E-state index in [1.165, 1.54) is 11.1 Å². The summed E-state index contributed by atoms with van der Waals surface area (Å²) in [5.74, 6) is 0.450. The molecule has 0 fully saturated rings. The first-order chi connectivity index (χ1) is 11.4. The van der Waals surface area contributed by atoms with Crippen LogP contribution in [-0.4, -0.2) is 34.6 Å². The first kappa shape index (κ1) is 16.7. The van der Waals surface area contributed by atoms with Gasteiger partial charge in [0, 0.05) is 25.2 Å². The van der Waals surface area contributed by atoms with Gasteiger partial charge in [0.15, 0.2) is 0 Å². The second-order valence-corrected chi connectivity index (χ2v) is 7.13. The van der Waals surface area contributed by atoms with Gasteiger partial charge in [-0.3, -0.25) is 9.69 Å². The van der Waals surface area contributed by atoms with Crippen LogP contribution < -0.4 is 5.32 Å². The average Bonchev–Trinajstić information content (AvgIpc) is 2.91. The number of nitrogens with zero attached hydrogens (tertiary/aromatic N) is 2. The Morgan fingerprint density at radius 3 is 2.67 bits per heavy atom. The van der Waals surface area contributed by atoms with Crippen LogP contribution >= 0.6 is 0 Å². The molecule has 0 aliphatic carbocycles. The van der Waals surface area contributed by atoms with E-state index >= 15 is 0 Å². The fourth-order valence-electron chi connectivity index (χ4n) is 3.32. The summed E-state index contributed by atoms with van der Waals surface area (Å²) < 4.78 is 5.08. The molecule has 0 spiro atoms. The van der Waals surface area contributed by atoms with Crippen LogP contribution in [0.2, 0.25) is 0 Å². The summed E-state index contributed by atoms with van der Waals surface area (Å²) in [5, 5.41) is 6.90. The Bertz CT molecular complexity index is 729. The third kappa shape index (κ3) is 3.22. The average molecular weight is 327 g/mol. The largest absolute Gasteiger partial charge is 0.361 e. The van der Waals surface area contributed by atoms with E-state index in [2.05, 4.69) is 53.5 Å². The van der Waals surface area contributed by atoms with Crippen molar-refractivity contribution in [2.24, 2.45) is 0 Å². The minimum absolute atomic E-state index is 0.114. The van der Waals surface area contributed by atoms with Crippen LogP contribution in [0, 0.1) is 13.8 Å². The Labute approximate surface area is 143 Å². The standard InChI is InChI=1S/C19H25N3O2/c1-13-17(14(2)24-21-13)18(23)20-12-19(3,4)22-10-9-15-7-5-6-8-16(15)11-22/h5-8H,9-12H2,1-4H3,(H,20,23). The number of amides is 1. The SMILES string of the molecule is Cc1noc(C)c1C(=O)NCC(C)(C)N1CCc2ccccc2C1. The van der Waals surface area contributed by atoms with E-state index in [9.17, 15) is 4.79 Å². The van der Waals surface area contributed by atoms with Crippen LogP contribution in [0.15, 0.2) is 28.8 Å². The summed E-state index contributed by atoms with van der Waals surface area (Å²) in [7, 11) is 0. The lowest BCUT2D eigenvalue weighted by atomic mass is 9.94. The Morgan fingerprint density at radius 1 is 1.29 bits per heavy atom. The van der Waals surface area contributed by atoms with Gasteiger partial charge in [0.2, 0.25) is 0 Å². The third-order valence-corrected chi connectivity index (χ3v) is 4.93. The van der Waals surface area contributed by atoms with Crippen LogP contribution in [0.4, 0.5) is 0 Å². The molecule has 1 aliphatic rings. The zero-order valence-electron chi connectivity index (χ0n) is 14.8. The summed E-state index contributed by atoms with van der Waals surface area (Å²) in [6.45, 7) is 10.4. The molecule has 1 N–H and O–H groups in total. The van der Waals surface area contributed by atoms with Crippen molar-refractivity contribution in [2.45, 2.75) is 46.2 Å². The van der Waals surface area contributed by atoms with Gasteiger partial charge in [-0.1, -0.05) is 29.4 Å². The van der Waals surface area contributed by atoms with Crippen molar-refractivity contribution in [3.05, 3.63) is 52.4 Å². The molecule has 24 heavy (non-hydrogen) atoms. The van der Waals surface area contributed by atoms with E-state index < -0.39 is 0 Å². The van der Waals surface area contributed by atoms with Crippen LogP contribution in [0.25, 0.3) is 0 Å². The monoisotopic (exact) mass is 327 g/mol. The third-order valence-electron chi connectivity index (χ3n) is 4.93. The van der Waals surface area contributed by atoms with Gasteiger partial charge in [0.1, 0.15) is 11.3 Å². The molecule has 5 heteroatoms. The van der Waals surface area contributed by atoms with Gasteiger partial charge in [0.05, 0.1) is 5.69 Å². The molecule has 5 nitrogen and oxygen atoms in total. The maximum Gasteiger partial charge on any atom is 0.256 e.